The third-order valence-electron chi connectivity index (χ3n) is 4.65. The molecule has 4 aromatic rings. The fourth-order valence-electron chi connectivity index (χ4n) is 3.31. The van der Waals surface area contributed by atoms with E-state index >= 15 is 0 Å². The molecular formula is C21H15ClF3N3O3S. The van der Waals surface area contributed by atoms with Crippen molar-refractivity contribution in [3.8, 4) is 5.75 Å². The number of hydrogen-bond acceptors (Lipinski definition) is 5. The summed E-state index contributed by atoms with van der Waals surface area (Å²) in [5.74, 6) is -1.79. The second kappa shape index (κ2) is 9.01. The average molecular weight is 482 g/mol. The van der Waals surface area contributed by atoms with Gasteiger partial charge in [-0.15, -0.1) is 23.7 Å². The Labute approximate surface area is 189 Å². The number of anilines is 1. The number of halogens is 4. The number of carbonyl (C=O) groups is 1. The molecule has 0 aliphatic heterocycles. The first kappa shape index (κ1) is 23.3. The van der Waals surface area contributed by atoms with Crippen LogP contribution in [0.4, 0.5) is 18.3 Å². The smallest absolute Gasteiger partial charge is 0.418 e. The van der Waals surface area contributed by atoms with Gasteiger partial charge in [0.1, 0.15) is 11.3 Å². The molecule has 1 amide bonds. The predicted molar refractivity (Wildman–Crippen MR) is 118 cm³/mol. The van der Waals surface area contributed by atoms with Crippen molar-refractivity contribution in [1.29, 1.82) is 0 Å². The predicted octanol–water partition coefficient (Wildman–Crippen LogP) is 4.97. The summed E-state index contributed by atoms with van der Waals surface area (Å²) < 4.78 is 40.7. The van der Waals surface area contributed by atoms with Crippen LogP contribution < -0.4 is 10.9 Å². The number of aromatic amines is 1. The van der Waals surface area contributed by atoms with Crippen LogP contribution in [0.15, 0.2) is 58.8 Å². The summed E-state index contributed by atoms with van der Waals surface area (Å²) >= 11 is 1.09. The molecule has 0 aliphatic rings. The summed E-state index contributed by atoms with van der Waals surface area (Å²) in [5.41, 5.74) is -2.40. The van der Waals surface area contributed by atoms with Crippen molar-refractivity contribution in [1.82, 2.24) is 9.97 Å². The Morgan fingerprint density at radius 2 is 1.88 bits per heavy atom. The lowest BCUT2D eigenvalue weighted by molar-refractivity contribution is -0.136. The highest BCUT2D eigenvalue weighted by Crippen LogP contribution is 2.39. The molecule has 11 heteroatoms. The maximum Gasteiger partial charge on any atom is 0.418 e. The highest BCUT2D eigenvalue weighted by molar-refractivity contribution is 7.13. The van der Waals surface area contributed by atoms with Gasteiger partial charge in [-0.05, 0) is 23.6 Å². The zero-order valence-corrected chi connectivity index (χ0v) is 17.7. The molecule has 2 aromatic heterocycles. The first-order valence-electron chi connectivity index (χ1n) is 8.98. The monoisotopic (exact) mass is 481 g/mol. The highest BCUT2D eigenvalue weighted by Gasteiger charge is 2.35. The van der Waals surface area contributed by atoms with Gasteiger partial charge in [0, 0.05) is 17.0 Å². The van der Waals surface area contributed by atoms with Gasteiger partial charge in [-0.3, -0.25) is 14.9 Å². The van der Waals surface area contributed by atoms with Gasteiger partial charge in [-0.25, -0.2) is 4.98 Å². The second-order valence-electron chi connectivity index (χ2n) is 6.65. The summed E-state index contributed by atoms with van der Waals surface area (Å²) in [6.45, 7) is 0. The fraction of sp³-hybridized carbons (Fsp3) is 0.0952. The van der Waals surface area contributed by atoms with E-state index in [0.717, 1.165) is 23.0 Å². The van der Waals surface area contributed by atoms with Crippen LogP contribution in [0.5, 0.6) is 5.75 Å². The summed E-state index contributed by atoms with van der Waals surface area (Å²) in [4.78, 5) is 31.1. The average Bonchev–Trinajstić information content (AvgIpc) is 3.20. The zero-order valence-electron chi connectivity index (χ0n) is 16.1. The molecule has 0 bridgehead atoms. The second-order valence-corrected chi connectivity index (χ2v) is 7.55. The van der Waals surface area contributed by atoms with Gasteiger partial charge in [0.25, 0.3) is 11.5 Å². The third kappa shape index (κ3) is 4.46. The number of fused-ring (bicyclic) bond motifs is 1. The van der Waals surface area contributed by atoms with Gasteiger partial charge in [0.15, 0.2) is 5.13 Å². The zero-order chi connectivity index (χ0) is 22.2. The van der Waals surface area contributed by atoms with E-state index in [-0.39, 0.29) is 29.3 Å². The molecule has 0 atom stereocenters. The van der Waals surface area contributed by atoms with Crippen LogP contribution in [0.2, 0.25) is 0 Å². The maximum atomic E-state index is 13.6. The molecule has 2 aromatic carbocycles. The van der Waals surface area contributed by atoms with Crippen LogP contribution in [0.25, 0.3) is 10.9 Å². The number of thiazole rings is 1. The summed E-state index contributed by atoms with van der Waals surface area (Å²) in [6, 6.07) is 11.0. The lowest BCUT2D eigenvalue weighted by Gasteiger charge is -2.16. The van der Waals surface area contributed by atoms with Gasteiger partial charge in [0.2, 0.25) is 0 Å². The van der Waals surface area contributed by atoms with Gasteiger partial charge < -0.3 is 10.1 Å². The first-order valence-corrected chi connectivity index (χ1v) is 9.86. The SMILES string of the molecule is Cl.O=C(Nc1nccs1)c1c(O)c2c(Cc3ccccc3)ccc(C(F)(F)F)c2[nH]c1=O. The number of nitrogens with zero attached hydrogens (tertiary/aromatic N) is 1. The number of nitrogens with one attached hydrogen (secondary N) is 2. The lowest BCUT2D eigenvalue weighted by Crippen LogP contribution is -2.24. The number of amides is 1. The lowest BCUT2D eigenvalue weighted by atomic mass is 9.96. The summed E-state index contributed by atoms with van der Waals surface area (Å²) in [6.07, 6.45) is -3.16. The number of hydrogen-bond donors (Lipinski definition) is 3. The van der Waals surface area contributed by atoms with E-state index in [2.05, 4.69) is 15.3 Å². The molecule has 0 unspecified atom stereocenters. The highest BCUT2D eigenvalue weighted by atomic mass is 35.5. The normalized spacial score (nSPS) is 11.2. The van der Waals surface area contributed by atoms with Crippen LogP contribution >= 0.6 is 23.7 Å². The number of aromatic hydroxyl groups is 1. The first-order chi connectivity index (χ1) is 14.8. The molecule has 0 saturated carbocycles. The van der Waals surface area contributed by atoms with Gasteiger partial charge >= 0.3 is 6.18 Å². The van der Waals surface area contributed by atoms with Gasteiger partial charge in [-0.1, -0.05) is 36.4 Å². The molecule has 6 nitrogen and oxygen atoms in total. The maximum absolute atomic E-state index is 13.6. The van der Waals surface area contributed by atoms with Crippen LogP contribution in [0.1, 0.15) is 27.0 Å². The number of aromatic nitrogens is 2. The molecule has 0 radical (unpaired) electrons. The van der Waals surface area contributed by atoms with Crippen molar-refractivity contribution >= 4 is 45.7 Å². The number of carbonyl (C=O) groups excluding carboxylic acids is 1. The van der Waals surface area contributed by atoms with E-state index in [1.807, 2.05) is 0 Å². The van der Waals surface area contributed by atoms with Crippen LogP contribution in [0, 0.1) is 0 Å². The number of rotatable bonds is 4. The Morgan fingerprint density at radius 1 is 1.16 bits per heavy atom. The van der Waals surface area contributed by atoms with Crippen molar-refractivity contribution < 1.29 is 23.1 Å². The Balaban J connectivity index is 0.00000289. The largest absolute Gasteiger partial charge is 0.506 e. The number of pyridine rings is 1. The molecule has 0 aliphatic carbocycles. The minimum Gasteiger partial charge on any atom is -0.506 e. The Hall–Kier alpha value is -3.37. The van der Waals surface area contributed by atoms with Crippen LogP contribution in [0.3, 0.4) is 0 Å². The van der Waals surface area contributed by atoms with Crippen LogP contribution in [-0.2, 0) is 12.6 Å². The van der Waals surface area contributed by atoms with Crippen molar-refractivity contribution in [2.24, 2.45) is 0 Å². The molecule has 32 heavy (non-hydrogen) atoms. The topological polar surface area (TPSA) is 95.1 Å². The van der Waals surface area contributed by atoms with E-state index in [0.29, 0.717) is 5.56 Å². The fourth-order valence-corrected chi connectivity index (χ4v) is 3.83. The minimum absolute atomic E-state index is 0. The molecule has 2 heterocycles. The third-order valence-corrected chi connectivity index (χ3v) is 5.34. The molecule has 0 fully saturated rings. The number of H-pyrrole nitrogens is 1. The summed E-state index contributed by atoms with van der Waals surface area (Å²) in [5, 5.41) is 14.7. The number of benzene rings is 2. The van der Waals surface area contributed by atoms with Gasteiger partial charge in [0.05, 0.1) is 11.1 Å². The Kier molecular flexibility index (Phi) is 6.56. The number of alkyl halides is 3. The van der Waals surface area contributed by atoms with E-state index in [9.17, 15) is 27.9 Å². The molecule has 0 spiro atoms. The van der Waals surface area contributed by atoms with Crippen molar-refractivity contribution in [3.63, 3.8) is 0 Å². The van der Waals surface area contributed by atoms with Crippen LogP contribution in [-0.4, -0.2) is 21.0 Å². The van der Waals surface area contributed by atoms with E-state index < -0.39 is 40.0 Å². The van der Waals surface area contributed by atoms with E-state index in [1.165, 1.54) is 12.3 Å². The summed E-state index contributed by atoms with van der Waals surface area (Å²) in [7, 11) is 0. The quantitative estimate of drug-likeness (QED) is 0.383. The molecule has 0 saturated heterocycles. The Bertz CT molecular complexity index is 1320. The molecule has 166 valence electrons. The molecule has 4 rings (SSSR count). The van der Waals surface area contributed by atoms with Gasteiger partial charge in [-0.2, -0.15) is 13.2 Å². The Morgan fingerprint density at radius 3 is 2.50 bits per heavy atom. The van der Waals surface area contributed by atoms with E-state index in [4.69, 9.17) is 0 Å². The van der Waals surface area contributed by atoms with Crippen molar-refractivity contribution in [2.75, 3.05) is 5.32 Å². The van der Waals surface area contributed by atoms with E-state index in [1.54, 1.807) is 35.7 Å². The van der Waals surface area contributed by atoms with Crippen molar-refractivity contribution in [2.45, 2.75) is 12.6 Å². The molecular weight excluding hydrogens is 467 g/mol. The minimum atomic E-state index is -4.77. The molecule has 3 N–H and O–H groups in total. The standard InChI is InChI=1S/C21H14F3N3O3S.ClH/c22-21(23,24)13-7-6-12(10-11-4-2-1-3-5-11)14-16(13)26-18(29)15(17(14)28)19(30)27-20-25-8-9-31-20;/h1-9H,10H2,(H,25,27,30)(H2,26,28,29);1H. The van der Waals surface area contributed by atoms with Crippen molar-refractivity contribution in [3.05, 3.63) is 86.6 Å².